The van der Waals surface area contributed by atoms with Crippen LogP contribution in [0, 0.1) is 5.92 Å². The van der Waals surface area contributed by atoms with Gasteiger partial charge in [0.15, 0.2) is 5.72 Å². The van der Waals surface area contributed by atoms with Crippen molar-refractivity contribution in [2.45, 2.75) is 120 Å². The predicted octanol–water partition coefficient (Wildman–Crippen LogP) is 2.60. The Bertz CT molecular complexity index is 2550. The molecule has 5 aliphatic heterocycles. The fourth-order valence-corrected chi connectivity index (χ4v) is 9.36. The van der Waals surface area contributed by atoms with Crippen molar-refractivity contribution in [3.63, 3.8) is 0 Å². The van der Waals surface area contributed by atoms with Gasteiger partial charge in [-0.3, -0.25) is 24.5 Å². The molecule has 3 N–H and O–H groups in total. The van der Waals surface area contributed by atoms with Gasteiger partial charge in [0.2, 0.25) is 11.8 Å². The first-order valence-corrected chi connectivity index (χ1v) is 25.4. The summed E-state index contributed by atoms with van der Waals surface area (Å²) < 4.78 is 50.3. The number of alkyl carbamates (subject to hydrolysis) is 2. The Balaban J connectivity index is 1.15. The summed E-state index contributed by atoms with van der Waals surface area (Å²) in [5.41, 5.74) is -1.45. The fraction of sp³-hybridized carbons (Fsp3) is 0.588. The van der Waals surface area contributed by atoms with Gasteiger partial charge in [0.25, 0.3) is 11.8 Å². The lowest BCUT2D eigenvalue weighted by atomic mass is 9.83. The van der Waals surface area contributed by atoms with Gasteiger partial charge < -0.3 is 72.6 Å². The maximum absolute atomic E-state index is 14.4. The number of imide groups is 1. The van der Waals surface area contributed by atoms with Crippen LogP contribution in [-0.2, 0) is 77.9 Å². The number of ether oxygens (including phenoxy) is 9. The Morgan fingerprint density at radius 2 is 1.73 bits per heavy atom. The average molecular weight is 1120 g/mol. The summed E-state index contributed by atoms with van der Waals surface area (Å²) in [4.78, 5) is 127. The van der Waals surface area contributed by atoms with E-state index in [-0.39, 0.29) is 55.1 Å². The van der Waals surface area contributed by atoms with E-state index in [1.54, 1.807) is 44.2 Å². The van der Waals surface area contributed by atoms with E-state index in [2.05, 4.69) is 10.6 Å². The number of carbonyl (C=O) groups excluding carboxylic acids is 9. The van der Waals surface area contributed by atoms with Gasteiger partial charge >= 0.3 is 30.2 Å². The van der Waals surface area contributed by atoms with E-state index in [1.165, 1.54) is 53.3 Å². The molecule has 0 radical (unpaired) electrons. The van der Waals surface area contributed by atoms with Gasteiger partial charge in [-0.2, -0.15) is 0 Å². The molecular weight excluding hydrogens is 1050 g/mol. The van der Waals surface area contributed by atoms with Crippen molar-refractivity contribution in [1.82, 2.24) is 25.5 Å². The van der Waals surface area contributed by atoms with E-state index < -0.39 is 140 Å². The molecule has 1 aromatic carbocycles. The fourth-order valence-electron chi connectivity index (χ4n) is 9.04. The third-order valence-corrected chi connectivity index (χ3v) is 14.3. The number of benzene rings is 1. The SMILES string of the molecule is COc1cc2cc(c1Cl)N(C)C(=O)C[C@H](OC(=O)[C@H](C)N(C)C(=O)CCOC(=O)NC(CN(C)C(=O)OC1/C=C/COCOC1)C(=O)ON1C(=O)CCC1=O)[C@]1(C)O[C@H]1[C@H](C)[C@@H]1C[C@@](O)(NC(=O)O1)[C@H](OC)/C=C/C=C(\C)C2. The lowest BCUT2D eigenvalue weighted by molar-refractivity contribution is -0.199. The van der Waals surface area contributed by atoms with Crippen LogP contribution in [0.2, 0.25) is 5.02 Å². The summed E-state index contributed by atoms with van der Waals surface area (Å²) in [6.07, 6.45) is -1.03. The number of carbonyl (C=O) groups is 9. The molecule has 0 aromatic heterocycles. The first-order chi connectivity index (χ1) is 36.9. The molecule has 6 rings (SSSR count). The first-order valence-electron chi connectivity index (χ1n) is 25.0. The highest BCUT2D eigenvalue weighted by Gasteiger charge is 2.64. The number of hydroxylamine groups is 2. The minimum Gasteiger partial charge on any atom is -0.495 e. The molecule has 428 valence electrons. The number of hydrogen-bond donors (Lipinski definition) is 3. The second-order valence-corrected chi connectivity index (χ2v) is 19.9. The average Bonchev–Trinajstić information content (AvgIpc) is 4.14. The van der Waals surface area contributed by atoms with Gasteiger partial charge in [-0.15, -0.1) is 5.06 Å². The summed E-state index contributed by atoms with van der Waals surface area (Å²) >= 11 is 6.80. The Labute approximate surface area is 455 Å². The lowest BCUT2D eigenvalue weighted by Gasteiger charge is -2.42. The number of allylic oxidation sites excluding steroid dienone is 3. The van der Waals surface area contributed by atoms with Crippen LogP contribution < -0.4 is 20.3 Å². The van der Waals surface area contributed by atoms with E-state index >= 15 is 0 Å². The van der Waals surface area contributed by atoms with Gasteiger partial charge in [0, 0.05) is 53.4 Å². The molecule has 2 unspecified atom stereocenters. The number of aliphatic hydroxyl groups is 1. The number of nitrogens with zero attached hydrogens (tertiary/aromatic N) is 4. The smallest absolute Gasteiger partial charge is 0.410 e. The van der Waals surface area contributed by atoms with Crippen molar-refractivity contribution in [1.29, 1.82) is 0 Å². The maximum atomic E-state index is 14.4. The lowest BCUT2D eigenvalue weighted by Crippen LogP contribution is -2.63. The quantitative estimate of drug-likeness (QED) is 0.0793. The summed E-state index contributed by atoms with van der Waals surface area (Å²) in [6.45, 7) is 5.49. The highest BCUT2D eigenvalue weighted by Crippen LogP contribution is 2.49. The molecule has 10 atom stereocenters. The zero-order valence-corrected chi connectivity index (χ0v) is 45.6. The van der Waals surface area contributed by atoms with E-state index in [4.69, 9.17) is 59.1 Å². The molecule has 0 aliphatic carbocycles. The number of rotatable bonds is 14. The minimum atomic E-state index is -1.93. The predicted molar refractivity (Wildman–Crippen MR) is 270 cm³/mol. The molecule has 5 aliphatic rings. The molecule has 7 amide bonds. The highest BCUT2D eigenvalue weighted by molar-refractivity contribution is 6.35. The Hall–Kier alpha value is -6.84. The van der Waals surface area contributed by atoms with Gasteiger partial charge in [-0.1, -0.05) is 48.4 Å². The van der Waals surface area contributed by atoms with Crippen molar-refractivity contribution in [3.8, 4) is 5.75 Å². The van der Waals surface area contributed by atoms with Gasteiger partial charge in [-0.25, -0.2) is 24.0 Å². The summed E-state index contributed by atoms with van der Waals surface area (Å²) in [5.74, 6) is -5.53. The van der Waals surface area contributed by atoms with Crippen LogP contribution in [0.5, 0.6) is 5.75 Å². The number of halogens is 1. The van der Waals surface area contributed by atoms with E-state index in [1.807, 2.05) is 13.0 Å². The molecular formula is C51H67ClN6O20. The second-order valence-electron chi connectivity index (χ2n) is 19.6. The number of amides is 7. The van der Waals surface area contributed by atoms with Crippen molar-refractivity contribution in [2.24, 2.45) is 5.92 Å². The largest absolute Gasteiger partial charge is 0.495 e. The third-order valence-electron chi connectivity index (χ3n) is 13.9. The van der Waals surface area contributed by atoms with Crippen LogP contribution in [0.25, 0.3) is 0 Å². The van der Waals surface area contributed by atoms with Crippen LogP contribution in [0.3, 0.4) is 0 Å². The molecule has 0 saturated carbocycles. The maximum Gasteiger partial charge on any atom is 0.410 e. The van der Waals surface area contributed by atoms with Crippen LogP contribution >= 0.6 is 11.6 Å². The molecule has 3 saturated heterocycles. The third kappa shape index (κ3) is 14.8. The molecule has 78 heavy (non-hydrogen) atoms. The number of methoxy groups -OCH3 is 2. The number of fused-ring (bicyclic) bond motifs is 5. The molecule has 3 fully saturated rings. The van der Waals surface area contributed by atoms with Gasteiger partial charge in [0.05, 0.1) is 51.5 Å². The highest BCUT2D eigenvalue weighted by atomic mass is 35.5. The van der Waals surface area contributed by atoms with Crippen LogP contribution in [0.4, 0.5) is 20.1 Å². The summed E-state index contributed by atoms with van der Waals surface area (Å²) in [6, 6.07) is 0.401. The van der Waals surface area contributed by atoms with Crippen LogP contribution in [0.1, 0.15) is 65.4 Å². The van der Waals surface area contributed by atoms with Crippen molar-refractivity contribution < 1.29 is 95.7 Å². The van der Waals surface area contributed by atoms with Crippen LogP contribution in [0.15, 0.2) is 48.1 Å². The van der Waals surface area contributed by atoms with Crippen molar-refractivity contribution in [3.05, 3.63) is 58.7 Å². The molecule has 0 spiro atoms. The summed E-state index contributed by atoms with van der Waals surface area (Å²) in [7, 11) is 6.85. The van der Waals surface area contributed by atoms with Gasteiger partial charge in [0.1, 0.15) is 66.3 Å². The Morgan fingerprint density at radius 1 is 1.01 bits per heavy atom. The topological polar surface area (TPSA) is 306 Å². The zero-order valence-electron chi connectivity index (χ0n) is 44.8. The monoisotopic (exact) mass is 1120 g/mol. The summed E-state index contributed by atoms with van der Waals surface area (Å²) in [5, 5.41) is 17.0. The molecule has 1 aromatic rings. The number of nitrogens with one attached hydrogen (secondary N) is 2. The molecule has 4 bridgehead atoms. The first kappa shape index (κ1) is 60.4. The molecule has 26 nitrogen and oxygen atoms in total. The Kier molecular flexibility index (Phi) is 20.3. The number of likely N-dealkylation sites (N-methyl/N-ethyl adjacent to an activating group) is 2. The van der Waals surface area contributed by atoms with Gasteiger partial charge in [-0.05, 0) is 51.0 Å². The normalized spacial score (nSPS) is 28.8. The second kappa shape index (κ2) is 26.2. The molecule has 27 heteroatoms. The number of anilines is 1. The van der Waals surface area contributed by atoms with E-state index in [0.717, 1.165) is 20.9 Å². The Morgan fingerprint density at radius 3 is 2.42 bits per heavy atom. The standard InChI is InChI=1S/C51H67ClN6O20/c1-28-12-10-14-37(70-9)51(68)24-36(75-48(66)54-51)29(2)44-50(4,77-44)38(23-42(62)57(7)34-21-31(20-28)22-35(69-8)43(34)52)76-45(63)30(3)56(6)39(59)17-19-73-47(65)53-33(46(64)78-58-40(60)15-16-41(58)61)25-55(5)49(67)74-32-13-11-18-71-27-72-26-32/h10-14,21-22,29-30,32-33,36-38,44,68H,15-20,23-27H2,1-9H3,(H,53,65)(H,54,66)/b13-11+,14-10+,28-12+/t29-,30+,32?,33?,36+,37-,38+,44+,50+,51+/m1/s1. The van der Waals surface area contributed by atoms with E-state index in [9.17, 15) is 48.3 Å². The zero-order chi connectivity index (χ0) is 57.2. The van der Waals surface area contributed by atoms with Crippen LogP contribution in [-0.4, -0.2) is 196 Å². The van der Waals surface area contributed by atoms with Crippen molar-refractivity contribution >= 4 is 71.1 Å². The molecule has 5 heterocycles. The number of epoxide rings is 1. The van der Waals surface area contributed by atoms with E-state index in [0.29, 0.717) is 12.1 Å². The number of esters is 1. The van der Waals surface area contributed by atoms with Crippen molar-refractivity contribution in [2.75, 3.05) is 73.4 Å². The minimum absolute atomic E-state index is 0.0407. The number of hydrogen-bond acceptors (Lipinski definition) is 20.